The van der Waals surface area contributed by atoms with Crippen LogP contribution in [0.4, 0.5) is 26.3 Å². The highest BCUT2D eigenvalue weighted by molar-refractivity contribution is 6.76. The quantitative estimate of drug-likeness (QED) is 0.0581. The molecule has 0 aliphatic carbocycles. The number of aryl methyl sites for hydroxylation is 2. The average Bonchev–Trinajstić information content (AvgIpc) is 4.00. The smallest absolute Gasteiger partial charge is 0.264 e. The van der Waals surface area contributed by atoms with Crippen LogP contribution in [0, 0.1) is 11.6 Å². The summed E-state index contributed by atoms with van der Waals surface area (Å²) in [4.78, 5) is 46.3. The van der Waals surface area contributed by atoms with E-state index in [9.17, 15) is 35.9 Å². The Kier molecular flexibility index (Phi) is 12.9. The normalized spacial score (nSPS) is 13.3. The Hall–Kier alpha value is -6.68. The van der Waals surface area contributed by atoms with Crippen molar-refractivity contribution in [2.75, 3.05) is 6.61 Å². The van der Waals surface area contributed by atoms with Crippen molar-refractivity contribution in [2.45, 2.75) is 84.0 Å². The number of halogens is 6. The van der Waals surface area contributed by atoms with Gasteiger partial charge in [0.1, 0.15) is 52.2 Å². The summed E-state index contributed by atoms with van der Waals surface area (Å²) in [6.45, 7) is 11.4. The zero-order chi connectivity index (χ0) is 48.0. The number of hydrogen-bond donors (Lipinski definition) is 3. The van der Waals surface area contributed by atoms with E-state index in [0.29, 0.717) is 62.5 Å². The molecule has 0 bridgehead atoms. The van der Waals surface area contributed by atoms with Gasteiger partial charge in [0.05, 0.1) is 46.6 Å². The first-order chi connectivity index (χ1) is 30.9. The first kappa shape index (κ1) is 47.3. The van der Waals surface area contributed by atoms with Gasteiger partial charge in [0.25, 0.3) is 23.7 Å². The van der Waals surface area contributed by atoms with E-state index in [-0.39, 0.29) is 34.7 Å². The van der Waals surface area contributed by atoms with Crippen molar-refractivity contribution in [3.63, 3.8) is 0 Å². The molecule has 22 heteroatoms. The molecule has 8 rings (SSSR count). The maximum Gasteiger partial charge on any atom is 0.264 e. The molecule has 0 aliphatic heterocycles. The van der Waals surface area contributed by atoms with Crippen LogP contribution in [0.5, 0.6) is 0 Å². The van der Waals surface area contributed by atoms with Gasteiger partial charge in [-0.2, -0.15) is 10.2 Å². The lowest BCUT2D eigenvalue weighted by molar-refractivity contribution is -0.0110. The van der Waals surface area contributed by atoms with Crippen LogP contribution in [-0.2, 0) is 25.6 Å². The Balaban J connectivity index is 0.000000202. The van der Waals surface area contributed by atoms with Gasteiger partial charge >= 0.3 is 0 Å². The number of fused-ring (bicyclic) bond motifs is 4. The van der Waals surface area contributed by atoms with Gasteiger partial charge in [-0.25, -0.2) is 46.3 Å². The van der Waals surface area contributed by atoms with Gasteiger partial charge in [-0.05, 0) is 56.3 Å². The van der Waals surface area contributed by atoms with Crippen LogP contribution in [0.15, 0.2) is 61.2 Å². The van der Waals surface area contributed by atoms with Gasteiger partial charge in [-0.15, -0.1) is 0 Å². The van der Waals surface area contributed by atoms with Crippen molar-refractivity contribution < 1.29 is 40.7 Å². The molecule has 0 aliphatic rings. The van der Waals surface area contributed by atoms with Crippen molar-refractivity contribution in [3.05, 3.63) is 83.9 Å². The fourth-order valence-corrected chi connectivity index (χ4v) is 7.55. The number of rotatable bonds is 13. The number of amides is 2. The third kappa shape index (κ3) is 10.1. The lowest BCUT2D eigenvalue weighted by atomic mass is 10.1. The second-order valence-corrected chi connectivity index (χ2v) is 23.1. The van der Waals surface area contributed by atoms with Crippen LogP contribution in [0.25, 0.3) is 66.9 Å². The molecule has 348 valence electrons. The molecule has 3 N–H and O–H groups in total. The number of H-pyrrole nitrogens is 1. The second-order valence-electron chi connectivity index (χ2n) is 17.5. The minimum atomic E-state index is -3.10. The number of hydrogen-bond acceptors (Lipinski definition) is 9. The molecule has 0 saturated carbocycles. The molecule has 0 saturated heterocycles. The van der Waals surface area contributed by atoms with Gasteiger partial charge in [0.15, 0.2) is 11.3 Å². The first-order valence-electron chi connectivity index (χ1n) is 20.8. The van der Waals surface area contributed by atoms with E-state index in [4.69, 9.17) is 4.74 Å². The fraction of sp³-hybridized carbons (Fsp3) is 0.364. The Bertz CT molecular complexity index is 3110. The number of nitrogens with one attached hydrogen (secondary N) is 3. The van der Waals surface area contributed by atoms with Crippen molar-refractivity contribution >= 4 is 64.0 Å². The van der Waals surface area contributed by atoms with Gasteiger partial charge in [0.2, 0.25) is 0 Å². The summed E-state index contributed by atoms with van der Waals surface area (Å²) in [6, 6.07) is 6.80. The van der Waals surface area contributed by atoms with Crippen molar-refractivity contribution in [1.82, 2.24) is 59.7 Å². The first-order valence-corrected chi connectivity index (χ1v) is 24.5. The Morgan fingerprint density at radius 1 is 0.773 bits per heavy atom. The van der Waals surface area contributed by atoms with Crippen LogP contribution in [0.1, 0.15) is 48.4 Å². The van der Waals surface area contributed by atoms with E-state index >= 15 is 0 Å². The summed E-state index contributed by atoms with van der Waals surface area (Å²) in [5, 5.41) is 14.8. The van der Waals surface area contributed by atoms with E-state index in [1.807, 2.05) is 0 Å². The molecular formula is C44H48F6N12O3Si. The molecule has 0 fully saturated rings. The van der Waals surface area contributed by atoms with Crippen LogP contribution in [-0.4, -0.2) is 99.5 Å². The molecule has 8 aromatic rings. The predicted octanol–water partition coefficient (Wildman–Crippen LogP) is 8.63. The molecule has 0 unspecified atom stereocenters. The maximum absolute atomic E-state index is 13.8. The summed E-state index contributed by atoms with van der Waals surface area (Å²) in [5.74, 6) is -8.34. The van der Waals surface area contributed by atoms with E-state index < -0.39 is 49.6 Å². The van der Waals surface area contributed by atoms with Crippen molar-refractivity contribution in [2.24, 2.45) is 14.1 Å². The maximum atomic E-state index is 13.8. The SMILES string of the molecule is C[C@@H](NC(=O)c1c[nH]c2ncc(-c3nn(C)c4cc(F)ccc34)nc12)C(C)(F)F.C[C@@H](NC(=O)c1cn(COCC[Si](C)(C)C)c2ncc(-c3nn(C)c4cc(F)ccc34)nc12)C(C)(F)F. The second kappa shape index (κ2) is 17.9. The van der Waals surface area contributed by atoms with Crippen molar-refractivity contribution in [1.29, 1.82) is 0 Å². The number of carbonyl (C=O) groups is 2. The molecule has 6 heterocycles. The Morgan fingerprint density at radius 2 is 1.27 bits per heavy atom. The zero-order valence-electron chi connectivity index (χ0n) is 37.6. The summed E-state index contributed by atoms with van der Waals surface area (Å²) in [5.41, 5.74) is 4.19. The van der Waals surface area contributed by atoms with Gasteiger partial charge in [-0.1, -0.05) is 19.6 Å². The number of ether oxygens (including phenoxy) is 1. The zero-order valence-corrected chi connectivity index (χ0v) is 38.6. The van der Waals surface area contributed by atoms with Gasteiger partial charge in [0, 0.05) is 65.8 Å². The molecule has 2 amide bonds. The monoisotopic (exact) mass is 934 g/mol. The molecule has 0 radical (unpaired) electrons. The average molecular weight is 935 g/mol. The Morgan fingerprint density at radius 3 is 1.79 bits per heavy atom. The highest BCUT2D eigenvalue weighted by Crippen LogP contribution is 2.31. The highest BCUT2D eigenvalue weighted by Gasteiger charge is 2.34. The summed E-state index contributed by atoms with van der Waals surface area (Å²) in [7, 11) is 2.07. The molecular weight excluding hydrogens is 887 g/mol. The molecule has 0 spiro atoms. The standard InChI is InChI=1S/C25H31F3N6O2Si.C19H17F3N6O/c1-15(25(2,27)28)30-24(35)18-13-34(14-36-9-10-37(4,5)6)23-22(18)31-19(12-29-23)21-17-8-7-16(26)11-20(17)33(3)32-21;1-9(19(2,21)22)25-18(29)12-7-23-17-16(12)26-13(8-24-17)15-11-5-4-10(20)6-14(11)28(3)27-15/h7-8,11-13,15H,9-10,14H2,1-6H3,(H,30,35);4-9H,1-3H3,(H,23,24)(H,25,29)/t15-;9-/m11/s1. The van der Waals surface area contributed by atoms with Crippen LogP contribution >= 0.6 is 0 Å². The van der Waals surface area contributed by atoms with E-state index in [1.165, 1.54) is 72.3 Å². The number of benzene rings is 2. The minimum absolute atomic E-state index is 0.0942. The summed E-state index contributed by atoms with van der Waals surface area (Å²) >= 11 is 0. The highest BCUT2D eigenvalue weighted by atomic mass is 28.3. The molecule has 6 aromatic heterocycles. The number of aromatic amines is 1. The number of nitrogens with zero attached hydrogens (tertiary/aromatic N) is 9. The third-order valence-electron chi connectivity index (χ3n) is 11.0. The summed E-state index contributed by atoms with van der Waals surface area (Å²) in [6.07, 6.45) is 5.89. The van der Waals surface area contributed by atoms with E-state index in [0.717, 1.165) is 19.9 Å². The van der Waals surface area contributed by atoms with Crippen LogP contribution in [0.2, 0.25) is 25.7 Å². The third-order valence-corrected chi connectivity index (χ3v) is 12.7. The largest absolute Gasteiger partial charge is 0.361 e. The van der Waals surface area contributed by atoms with E-state index in [1.54, 1.807) is 30.8 Å². The van der Waals surface area contributed by atoms with Crippen molar-refractivity contribution in [3.8, 4) is 22.8 Å². The fourth-order valence-electron chi connectivity index (χ4n) is 6.79. The Labute approximate surface area is 375 Å². The van der Waals surface area contributed by atoms with Gasteiger partial charge in [-0.3, -0.25) is 19.0 Å². The minimum Gasteiger partial charge on any atom is -0.361 e. The number of carbonyl (C=O) groups excluding carboxylic acids is 2. The summed E-state index contributed by atoms with van der Waals surface area (Å²) < 4.78 is 92.3. The molecule has 15 nitrogen and oxygen atoms in total. The van der Waals surface area contributed by atoms with Crippen LogP contribution < -0.4 is 10.6 Å². The number of aromatic nitrogens is 10. The predicted molar refractivity (Wildman–Crippen MR) is 240 cm³/mol. The molecule has 66 heavy (non-hydrogen) atoms. The molecule has 2 aromatic carbocycles. The lowest BCUT2D eigenvalue weighted by Gasteiger charge is -2.20. The lowest BCUT2D eigenvalue weighted by Crippen LogP contribution is -2.43. The topological polar surface area (TPSA) is 175 Å². The van der Waals surface area contributed by atoms with Gasteiger partial charge < -0.3 is 24.9 Å². The molecule has 2 atom stereocenters. The van der Waals surface area contributed by atoms with Crippen LogP contribution in [0.3, 0.4) is 0 Å². The number of alkyl halides is 4. The van der Waals surface area contributed by atoms with E-state index in [2.05, 4.69) is 65.4 Å².